The van der Waals surface area contributed by atoms with E-state index in [2.05, 4.69) is 11.0 Å². The maximum atomic E-state index is 5.35. The number of aryl methyl sites for hydroxylation is 1. The Labute approximate surface area is 98.3 Å². The smallest absolute Gasteiger partial charge is 0.0846 e. The van der Waals surface area contributed by atoms with Gasteiger partial charge < -0.3 is 0 Å². The first-order chi connectivity index (χ1) is 7.83. The van der Waals surface area contributed by atoms with Crippen molar-refractivity contribution in [2.45, 2.75) is 34.6 Å². The van der Waals surface area contributed by atoms with Gasteiger partial charge >= 0.3 is 0 Å². The van der Waals surface area contributed by atoms with Crippen LogP contribution in [-0.4, -0.2) is 9.61 Å². The van der Waals surface area contributed by atoms with Gasteiger partial charge in [-0.25, -0.2) is 4.52 Å². The van der Waals surface area contributed by atoms with Crippen LogP contribution in [0.15, 0.2) is 24.5 Å². The number of rotatable bonds is 0. The summed E-state index contributed by atoms with van der Waals surface area (Å²) in [4.78, 5) is 0. The molecule has 2 aromatic heterocycles. The number of pyridine rings is 1. The minimum absolute atomic E-state index is 0.896. The third kappa shape index (κ3) is 2.87. The van der Waals surface area contributed by atoms with Crippen LogP contribution >= 0.6 is 0 Å². The first-order valence-corrected chi connectivity index (χ1v) is 5.72. The predicted molar refractivity (Wildman–Crippen MR) is 70.6 cm³/mol. The van der Waals surface area contributed by atoms with Crippen LogP contribution in [0.5, 0.6) is 0 Å². The summed E-state index contributed by atoms with van der Waals surface area (Å²) in [5.74, 6) is 2.64. The molecule has 0 saturated heterocycles. The molecule has 0 aliphatic rings. The van der Waals surface area contributed by atoms with E-state index in [0.29, 0.717) is 0 Å². The number of nitrogens with zero attached hydrogens (tertiary/aromatic N) is 2. The summed E-state index contributed by atoms with van der Waals surface area (Å²) in [6.45, 7) is 10.0. The molecule has 0 radical (unpaired) electrons. The van der Waals surface area contributed by atoms with E-state index < -0.39 is 0 Å². The van der Waals surface area contributed by atoms with Crippen LogP contribution in [0.1, 0.15) is 38.8 Å². The summed E-state index contributed by atoms with van der Waals surface area (Å²) in [5, 5.41) is 4.15. The zero-order valence-corrected chi connectivity index (χ0v) is 10.8. The summed E-state index contributed by atoms with van der Waals surface area (Å²) >= 11 is 0. The monoisotopic (exact) mass is 216 g/mol. The molecule has 2 heterocycles. The van der Waals surface area contributed by atoms with Gasteiger partial charge in [0, 0.05) is 6.20 Å². The second kappa shape index (κ2) is 7.53. The standard InChI is InChI=1S/C10H8N2.2C2H6/c1-3-9-5-4-6-12-10(9)8(2)7-11-12;2*1-2/h1,4-7H,2H3;2*1-2H3. The molecule has 0 unspecified atom stereocenters. The molecule has 16 heavy (non-hydrogen) atoms. The van der Waals surface area contributed by atoms with E-state index in [9.17, 15) is 0 Å². The Bertz CT molecular complexity index is 461. The van der Waals surface area contributed by atoms with Gasteiger partial charge in [-0.2, -0.15) is 5.10 Å². The van der Waals surface area contributed by atoms with Crippen molar-refractivity contribution in [2.24, 2.45) is 0 Å². The van der Waals surface area contributed by atoms with Gasteiger partial charge in [-0.1, -0.05) is 33.6 Å². The molecule has 2 aromatic rings. The number of aromatic nitrogens is 2. The molecule has 0 saturated carbocycles. The van der Waals surface area contributed by atoms with Gasteiger partial charge in [0.05, 0.1) is 17.3 Å². The average Bonchev–Trinajstić information content (AvgIpc) is 2.76. The zero-order valence-electron chi connectivity index (χ0n) is 10.8. The third-order valence-electron chi connectivity index (χ3n) is 1.88. The van der Waals surface area contributed by atoms with E-state index >= 15 is 0 Å². The first kappa shape index (κ1) is 14.2. The summed E-state index contributed by atoms with van der Waals surface area (Å²) in [5.41, 5.74) is 3.04. The lowest BCUT2D eigenvalue weighted by molar-refractivity contribution is 0.959. The Balaban J connectivity index is 0.000000509. The van der Waals surface area contributed by atoms with Crippen LogP contribution in [0.25, 0.3) is 5.52 Å². The molecule has 0 bridgehead atoms. The molecule has 0 aliphatic carbocycles. The molecule has 2 nitrogen and oxygen atoms in total. The van der Waals surface area contributed by atoms with Crippen LogP contribution < -0.4 is 0 Å². The highest BCUT2D eigenvalue weighted by molar-refractivity contribution is 5.65. The van der Waals surface area contributed by atoms with Gasteiger partial charge in [0.25, 0.3) is 0 Å². The predicted octanol–water partition coefficient (Wildman–Crippen LogP) is 3.68. The van der Waals surface area contributed by atoms with Gasteiger partial charge in [0.15, 0.2) is 0 Å². The Hall–Kier alpha value is -1.75. The number of hydrogen-bond donors (Lipinski definition) is 0. The molecule has 0 aromatic carbocycles. The van der Waals surface area contributed by atoms with E-state index in [0.717, 1.165) is 16.6 Å². The van der Waals surface area contributed by atoms with Crippen molar-refractivity contribution in [3.05, 3.63) is 35.7 Å². The van der Waals surface area contributed by atoms with Crippen LogP contribution in [0.4, 0.5) is 0 Å². The highest BCUT2D eigenvalue weighted by atomic mass is 15.2. The fraction of sp³-hybridized carbons (Fsp3) is 0.357. The van der Waals surface area contributed by atoms with E-state index in [4.69, 9.17) is 6.42 Å². The SMILES string of the molecule is C#Cc1cccn2ncc(C)c12.CC.CC. The van der Waals surface area contributed by atoms with Crippen LogP contribution in [0.2, 0.25) is 0 Å². The van der Waals surface area contributed by atoms with Gasteiger partial charge in [0.1, 0.15) is 0 Å². The van der Waals surface area contributed by atoms with Crippen LogP contribution in [0.3, 0.4) is 0 Å². The Morgan fingerprint density at radius 3 is 2.44 bits per heavy atom. The third-order valence-corrected chi connectivity index (χ3v) is 1.88. The first-order valence-electron chi connectivity index (χ1n) is 5.72. The van der Waals surface area contributed by atoms with Gasteiger partial charge in [-0.3, -0.25) is 0 Å². The zero-order chi connectivity index (χ0) is 12.6. The lowest BCUT2D eigenvalue weighted by Crippen LogP contribution is -1.88. The van der Waals surface area contributed by atoms with E-state index in [1.807, 2.05) is 59.1 Å². The number of fused-ring (bicyclic) bond motifs is 1. The van der Waals surface area contributed by atoms with E-state index in [1.165, 1.54) is 0 Å². The lowest BCUT2D eigenvalue weighted by Gasteiger charge is -1.96. The summed E-state index contributed by atoms with van der Waals surface area (Å²) < 4.78 is 1.80. The molecule has 0 spiro atoms. The molecular weight excluding hydrogens is 196 g/mol. The molecule has 2 rings (SSSR count). The van der Waals surface area contributed by atoms with E-state index in [1.54, 1.807) is 4.52 Å². The fourth-order valence-electron chi connectivity index (χ4n) is 1.31. The van der Waals surface area contributed by atoms with Crippen molar-refractivity contribution >= 4 is 5.52 Å². The van der Waals surface area contributed by atoms with E-state index in [-0.39, 0.29) is 0 Å². The lowest BCUT2D eigenvalue weighted by atomic mass is 10.2. The minimum Gasteiger partial charge on any atom is -0.239 e. The molecule has 0 N–H and O–H groups in total. The molecular formula is C14H20N2. The highest BCUT2D eigenvalue weighted by Gasteiger charge is 2.01. The average molecular weight is 216 g/mol. The van der Waals surface area contributed by atoms with Gasteiger partial charge in [-0.15, -0.1) is 6.42 Å². The largest absolute Gasteiger partial charge is 0.239 e. The summed E-state index contributed by atoms with van der Waals surface area (Å²) in [7, 11) is 0. The summed E-state index contributed by atoms with van der Waals surface area (Å²) in [6, 6.07) is 3.82. The van der Waals surface area contributed by atoms with Crippen molar-refractivity contribution < 1.29 is 0 Å². The van der Waals surface area contributed by atoms with Crippen molar-refractivity contribution in [1.29, 1.82) is 0 Å². The van der Waals surface area contributed by atoms with Crippen molar-refractivity contribution in [3.63, 3.8) is 0 Å². The molecule has 0 amide bonds. The molecule has 0 fully saturated rings. The minimum atomic E-state index is 0.896. The Morgan fingerprint density at radius 2 is 1.88 bits per heavy atom. The van der Waals surface area contributed by atoms with Crippen molar-refractivity contribution in [3.8, 4) is 12.3 Å². The Kier molecular flexibility index (Phi) is 6.71. The van der Waals surface area contributed by atoms with Crippen molar-refractivity contribution in [2.75, 3.05) is 0 Å². The summed E-state index contributed by atoms with van der Waals surface area (Å²) in [6.07, 6.45) is 9.06. The maximum absolute atomic E-state index is 5.35. The normalized spacial score (nSPS) is 8.25. The van der Waals surface area contributed by atoms with Crippen LogP contribution in [-0.2, 0) is 0 Å². The highest BCUT2D eigenvalue weighted by Crippen LogP contribution is 2.13. The molecule has 2 heteroatoms. The maximum Gasteiger partial charge on any atom is 0.0846 e. The number of hydrogen-bond acceptors (Lipinski definition) is 1. The van der Waals surface area contributed by atoms with Gasteiger partial charge in [-0.05, 0) is 24.6 Å². The quantitative estimate of drug-likeness (QED) is 0.614. The number of terminal acetylenes is 1. The topological polar surface area (TPSA) is 17.3 Å². The second-order valence-corrected chi connectivity index (χ2v) is 2.69. The Morgan fingerprint density at radius 1 is 1.25 bits per heavy atom. The van der Waals surface area contributed by atoms with Gasteiger partial charge in [0.2, 0.25) is 0 Å². The fourth-order valence-corrected chi connectivity index (χ4v) is 1.31. The van der Waals surface area contributed by atoms with Crippen molar-refractivity contribution in [1.82, 2.24) is 9.61 Å². The molecule has 0 atom stereocenters. The molecule has 86 valence electrons. The molecule has 0 aliphatic heterocycles. The van der Waals surface area contributed by atoms with Crippen LogP contribution in [0, 0.1) is 19.3 Å². The second-order valence-electron chi connectivity index (χ2n) is 2.69.